The summed E-state index contributed by atoms with van der Waals surface area (Å²) in [7, 11) is 0. The third-order valence-corrected chi connectivity index (χ3v) is 6.97. The number of benzene rings is 5. The van der Waals surface area contributed by atoms with Crippen molar-refractivity contribution in [1.29, 1.82) is 0 Å². The van der Waals surface area contributed by atoms with E-state index in [1.165, 1.54) is 6.21 Å². The highest BCUT2D eigenvalue weighted by Crippen LogP contribution is 2.41. The van der Waals surface area contributed by atoms with Crippen LogP contribution in [0.2, 0.25) is 0 Å². The Morgan fingerprint density at radius 2 is 1.38 bits per heavy atom. The van der Waals surface area contributed by atoms with Crippen LogP contribution in [-0.4, -0.2) is 21.8 Å². The lowest BCUT2D eigenvalue weighted by Crippen LogP contribution is -2.19. The predicted octanol–water partition coefficient (Wildman–Crippen LogP) is 7.37. The van der Waals surface area contributed by atoms with Crippen LogP contribution in [0.25, 0.3) is 44.1 Å². The van der Waals surface area contributed by atoms with Gasteiger partial charge in [-0.1, -0.05) is 109 Å². The molecule has 5 nitrogen and oxygen atoms in total. The van der Waals surface area contributed by atoms with Gasteiger partial charge in [-0.05, 0) is 34.0 Å². The number of nitrogens with one attached hydrogen (secondary N) is 1. The Hall–Kier alpha value is -5.16. The van der Waals surface area contributed by atoms with Crippen LogP contribution in [0, 0.1) is 0 Å². The van der Waals surface area contributed by atoms with Crippen LogP contribution >= 0.6 is 0 Å². The van der Waals surface area contributed by atoms with Crippen LogP contribution in [0.3, 0.4) is 0 Å². The number of phenols is 1. The number of carbonyl (C=O) groups is 1. The molecule has 0 spiro atoms. The fraction of sp³-hybridized carbons (Fsp3) is 0.0588. The number of amides is 1. The van der Waals surface area contributed by atoms with Gasteiger partial charge >= 0.3 is 0 Å². The average Bonchev–Trinajstić information content (AvgIpc) is 3.32. The number of aromatic hydroxyl groups is 1. The van der Waals surface area contributed by atoms with Gasteiger partial charge in [-0.15, -0.1) is 0 Å². The molecule has 5 aromatic carbocycles. The van der Waals surface area contributed by atoms with Crippen molar-refractivity contribution in [1.82, 2.24) is 9.99 Å². The summed E-state index contributed by atoms with van der Waals surface area (Å²) in [6, 6.07) is 40.3. The first-order valence-corrected chi connectivity index (χ1v) is 13.0. The first kappa shape index (κ1) is 24.2. The molecular formula is C34H27N3O2. The van der Waals surface area contributed by atoms with E-state index in [0.717, 1.165) is 44.1 Å². The minimum absolute atomic E-state index is 0.117. The molecule has 39 heavy (non-hydrogen) atoms. The molecule has 0 bridgehead atoms. The maximum atomic E-state index is 12.9. The van der Waals surface area contributed by atoms with Gasteiger partial charge in [-0.3, -0.25) is 4.79 Å². The topological polar surface area (TPSA) is 66.6 Å². The second kappa shape index (κ2) is 10.7. The molecule has 6 rings (SSSR count). The van der Waals surface area contributed by atoms with Gasteiger partial charge in [0.15, 0.2) is 0 Å². The van der Waals surface area contributed by atoms with Crippen LogP contribution in [-0.2, 0) is 11.3 Å². The third kappa shape index (κ3) is 4.78. The molecule has 5 heteroatoms. The SMILES string of the molecule is O=C(CCn1c(-c2ccccc2)c(-c2ccccc2)c2ccccc21)NN=Cc1c(O)ccc2ccccc12. The normalized spacial score (nSPS) is 11.4. The minimum Gasteiger partial charge on any atom is -0.507 e. The number of rotatable bonds is 7. The lowest BCUT2D eigenvalue weighted by Gasteiger charge is -2.13. The average molecular weight is 510 g/mol. The Kier molecular flexibility index (Phi) is 6.62. The van der Waals surface area contributed by atoms with E-state index in [1.54, 1.807) is 6.07 Å². The second-order valence-electron chi connectivity index (χ2n) is 9.39. The van der Waals surface area contributed by atoms with Crippen molar-refractivity contribution in [3.8, 4) is 28.1 Å². The molecule has 0 saturated heterocycles. The first-order chi connectivity index (χ1) is 19.2. The second-order valence-corrected chi connectivity index (χ2v) is 9.39. The number of nitrogens with zero attached hydrogens (tertiary/aromatic N) is 2. The number of aryl methyl sites for hydroxylation is 1. The van der Waals surface area contributed by atoms with Crippen molar-refractivity contribution in [3.63, 3.8) is 0 Å². The molecule has 0 aliphatic rings. The van der Waals surface area contributed by atoms with E-state index < -0.39 is 0 Å². The number of fused-ring (bicyclic) bond motifs is 2. The van der Waals surface area contributed by atoms with Crippen molar-refractivity contribution in [2.75, 3.05) is 0 Å². The van der Waals surface area contributed by atoms with Gasteiger partial charge in [0.05, 0.1) is 11.9 Å². The van der Waals surface area contributed by atoms with Crippen molar-refractivity contribution >= 4 is 33.8 Å². The summed E-state index contributed by atoms with van der Waals surface area (Å²) in [5.74, 6) is -0.0875. The highest BCUT2D eigenvalue weighted by atomic mass is 16.3. The van der Waals surface area contributed by atoms with Gasteiger partial charge in [-0.25, -0.2) is 5.43 Å². The standard InChI is InChI=1S/C34H27N3O2/c38-31-20-19-24-11-7-8-16-27(24)29(31)23-35-36-32(39)21-22-37-30-18-10-9-17-28(30)33(25-12-3-1-4-13-25)34(37)26-14-5-2-6-15-26/h1-20,23,38H,21-22H2,(H,36,39). The Labute approximate surface area is 226 Å². The molecule has 0 atom stereocenters. The van der Waals surface area contributed by atoms with Gasteiger partial charge in [0.1, 0.15) is 5.75 Å². The van der Waals surface area contributed by atoms with Crippen molar-refractivity contribution < 1.29 is 9.90 Å². The van der Waals surface area contributed by atoms with Gasteiger partial charge in [0.25, 0.3) is 0 Å². The maximum Gasteiger partial charge on any atom is 0.241 e. The molecule has 1 aromatic heterocycles. The smallest absolute Gasteiger partial charge is 0.241 e. The van der Waals surface area contributed by atoms with E-state index >= 15 is 0 Å². The van der Waals surface area contributed by atoms with E-state index in [9.17, 15) is 9.90 Å². The first-order valence-electron chi connectivity index (χ1n) is 13.0. The number of hydrazone groups is 1. The van der Waals surface area contributed by atoms with Crippen molar-refractivity contribution in [2.45, 2.75) is 13.0 Å². The third-order valence-electron chi connectivity index (χ3n) is 6.97. The zero-order valence-electron chi connectivity index (χ0n) is 21.3. The lowest BCUT2D eigenvalue weighted by molar-refractivity contribution is -0.121. The molecule has 190 valence electrons. The fourth-order valence-electron chi connectivity index (χ4n) is 5.19. The van der Waals surface area contributed by atoms with Crippen molar-refractivity contribution in [3.05, 3.63) is 127 Å². The molecule has 0 aliphatic heterocycles. The molecule has 0 aliphatic carbocycles. The summed E-state index contributed by atoms with van der Waals surface area (Å²) < 4.78 is 2.23. The van der Waals surface area contributed by atoms with Gasteiger partial charge in [0.2, 0.25) is 5.91 Å². The maximum absolute atomic E-state index is 12.9. The Morgan fingerprint density at radius 3 is 2.15 bits per heavy atom. The molecule has 0 fully saturated rings. The van der Waals surface area contributed by atoms with Gasteiger partial charge < -0.3 is 9.67 Å². The van der Waals surface area contributed by atoms with Crippen LogP contribution in [0.5, 0.6) is 5.75 Å². The highest BCUT2D eigenvalue weighted by Gasteiger charge is 2.20. The lowest BCUT2D eigenvalue weighted by atomic mass is 9.98. The fourth-order valence-corrected chi connectivity index (χ4v) is 5.19. The number of carbonyl (C=O) groups excluding carboxylic acids is 1. The van der Waals surface area contributed by atoms with E-state index in [0.29, 0.717) is 12.1 Å². The summed E-state index contributed by atoms with van der Waals surface area (Å²) >= 11 is 0. The van der Waals surface area contributed by atoms with Crippen LogP contribution < -0.4 is 5.43 Å². The molecule has 6 aromatic rings. The van der Waals surface area contributed by atoms with E-state index in [-0.39, 0.29) is 18.1 Å². The molecule has 0 saturated carbocycles. The number of aromatic nitrogens is 1. The van der Waals surface area contributed by atoms with Gasteiger partial charge in [0, 0.05) is 35.0 Å². The molecule has 2 N–H and O–H groups in total. The number of phenolic OH excluding ortho intramolecular Hbond substituents is 1. The number of hydrogen-bond acceptors (Lipinski definition) is 3. The van der Waals surface area contributed by atoms with Crippen LogP contribution in [0.1, 0.15) is 12.0 Å². The van der Waals surface area contributed by atoms with E-state index in [2.05, 4.69) is 69.7 Å². The summed E-state index contributed by atoms with van der Waals surface area (Å²) in [5.41, 5.74) is 8.76. The Balaban J connectivity index is 1.31. The molecule has 0 radical (unpaired) electrons. The van der Waals surface area contributed by atoms with E-state index in [1.807, 2.05) is 60.7 Å². The zero-order chi connectivity index (χ0) is 26.6. The predicted molar refractivity (Wildman–Crippen MR) is 159 cm³/mol. The van der Waals surface area contributed by atoms with Crippen LogP contribution in [0.15, 0.2) is 126 Å². The molecular weight excluding hydrogens is 482 g/mol. The summed E-state index contributed by atoms with van der Waals surface area (Å²) in [4.78, 5) is 12.9. The largest absolute Gasteiger partial charge is 0.507 e. The van der Waals surface area contributed by atoms with Crippen LogP contribution in [0.4, 0.5) is 0 Å². The molecule has 0 unspecified atom stereocenters. The summed E-state index contributed by atoms with van der Waals surface area (Å²) in [5, 5.41) is 17.5. The number of hydrogen-bond donors (Lipinski definition) is 2. The number of para-hydroxylation sites is 1. The summed E-state index contributed by atoms with van der Waals surface area (Å²) in [6.45, 7) is 0.485. The molecule has 1 heterocycles. The quantitative estimate of drug-likeness (QED) is 0.174. The highest BCUT2D eigenvalue weighted by molar-refractivity contribution is 6.05. The summed E-state index contributed by atoms with van der Waals surface area (Å²) in [6.07, 6.45) is 1.75. The Morgan fingerprint density at radius 1 is 0.744 bits per heavy atom. The van der Waals surface area contributed by atoms with Crippen molar-refractivity contribution in [2.24, 2.45) is 5.10 Å². The monoisotopic (exact) mass is 509 g/mol. The van der Waals surface area contributed by atoms with Gasteiger partial charge in [-0.2, -0.15) is 5.10 Å². The Bertz CT molecular complexity index is 1810. The zero-order valence-corrected chi connectivity index (χ0v) is 21.3. The minimum atomic E-state index is -0.205. The van der Waals surface area contributed by atoms with E-state index in [4.69, 9.17) is 0 Å². The molecule has 1 amide bonds.